The van der Waals surface area contributed by atoms with E-state index >= 15 is 0 Å². The summed E-state index contributed by atoms with van der Waals surface area (Å²) in [6, 6.07) is 14.5. The predicted molar refractivity (Wildman–Crippen MR) is 103 cm³/mol. The molecular formula is C19H20N3O3S+. The molecule has 4 rings (SSSR count). The zero-order valence-corrected chi connectivity index (χ0v) is 15.3. The molecule has 7 heteroatoms. The van der Waals surface area contributed by atoms with Gasteiger partial charge in [-0.2, -0.15) is 0 Å². The molecule has 0 spiro atoms. The Kier molecular flexibility index (Phi) is 4.20. The Morgan fingerprint density at radius 3 is 2.85 bits per heavy atom. The second kappa shape index (κ2) is 6.41. The van der Waals surface area contributed by atoms with Crippen molar-refractivity contribution in [2.45, 2.75) is 19.1 Å². The molecule has 0 bridgehead atoms. The van der Waals surface area contributed by atoms with Gasteiger partial charge >= 0.3 is 5.17 Å². The first-order valence-electron chi connectivity index (χ1n) is 8.58. The molecule has 0 fully saturated rings. The van der Waals surface area contributed by atoms with Gasteiger partial charge < -0.3 is 5.11 Å². The second-order valence-electron chi connectivity index (χ2n) is 6.69. The molecular weight excluding hydrogens is 350 g/mol. The number of nitro benzene ring substituents is 1. The molecule has 1 N–H and O–H groups in total. The highest BCUT2D eigenvalue weighted by molar-refractivity contribution is 8.13. The average Bonchev–Trinajstić information content (AvgIpc) is 2.96. The van der Waals surface area contributed by atoms with Crippen LogP contribution in [-0.4, -0.2) is 38.6 Å². The number of aryl methyl sites for hydroxylation is 1. The van der Waals surface area contributed by atoms with Crippen molar-refractivity contribution in [3.05, 3.63) is 69.8 Å². The first-order chi connectivity index (χ1) is 12.5. The quantitative estimate of drug-likeness (QED) is 0.511. The number of hydrogen-bond acceptors (Lipinski definition) is 5. The van der Waals surface area contributed by atoms with E-state index in [1.807, 2.05) is 29.7 Å². The number of nitrogens with zero attached hydrogens (tertiary/aromatic N) is 3. The molecule has 6 nitrogen and oxygen atoms in total. The van der Waals surface area contributed by atoms with Gasteiger partial charge in [0.1, 0.15) is 5.69 Å². The maximum Gasteiger partial charge on any atom is 0.316 e. The van der Waals surface area contributed by atoms with E-state index in [9.17, 15) is 15.2 Å². The van der Waals surface area contributed by atoms with Gasteiger partial charge in [0.2, 0.25) is 0 Å². The average molecular weight is 370 g/mol. The zero-order valence-electron chi connectivity index (χ0n) is 14.5. The van der Waals surface area contributed by atoms with Crippen LogP contribution in [0.15, 0.2) is 48.5 Å². The zero-order chi connectivity index (χ0) is 18.3. The van der Waals surface area contributed by atoms with E-state index in [-0.39, 0.29) is 5.69 Å². The summed E-state index contributed by atoms with van der Waals surface area (Å²) < 4.78 is 1.99. The third-order valence-electron chi connectivity index (χ3n) is 4.88. The van der Waals surface area contributed by atoms with E-state index in [4.69, 9.17) is 0 Å². The van der Waals surface area contributed by atoms with Crippen LogP contribution in [0.1, 0.15) is 17.5 Å². The summed E-state index contributed by atoms with van der Waals surface area (Å²) in [6.07, 6.45) is 0.965. The fourth-order valence-electron chi connectivity index (χ4n) is 3.61. The van der Waals surface area contributed by atoms with Crippen LogP contribution in [0.4, 0.5) is 11.4 Å². The van der Waals surface area contributed by atoms with Gasteiger partial charge in [0.15, 0.2) is 6.54 Å². The Balaban J connectivity index is 1.81. The topological polar surface area (TPSA) is 69.6 Å². The van der Waals surface area contributed by atoms with Gasteiger partial charge in [0.05, 0.1) is 11.5 Å². The molecule has 26 heavy (non-hydrogen) atoms. The number of thioether (sulfide) groups is 1. The van der Waals surface area contributed by atoms with Gasteiger partial charge in [0.25, 0.3) is 11.4 Å². The summed E-state index contributed by atoms with van der Waals surface area (Å²) in [5, 5.41) is 23.8. The molecule has 2 aromatic carbocycles. The molecule has 2 aliphatic rings. The number of amidine groups is 1. The van der Waals surface area contributed by atoms with Crippen LogP contribution < -0.4 is 4.90 Å². The van der Waals surface area contributed by atoms with Crippen LogP contribution in [0.2, 0.25) is 0 Å². The normalized spacial score (nSPS) is 22.5. The highest BCUT2D eigenvalue weighted by Gasteiger charge is 2.53. The van der Waals surface area contributed by atoms with E-state index < -0.39 is 10.6 Å². The number of β-amino-alcohol motifs (C(OH)–C–C–N with tert-alkyl or cyclic N) is 1. The van der Waals surface area contributed by atoms with E-state index in [2.05, 4.69) is 11.0 Å². The molecule has 2 heterocycles. The van der Waals surface area contributed by atoms with Gasteiger partial charge in [-0.25, -0.2) is 9.48 Å². The molecule has 0 saturated heterocycles. The van der Waals surface area contributed by atoms with Gasteiger partial charge in [-0.3, -0.25) is 10.1 Å². The number of non-ortho nitro benzene ring substituents is 1. The molecule has 0 radical (unpaired) electrons. The maximum atomic E-state index is 11.6. The lowest BCUT2D eigenvalue weighted by atomic mass is 10.0. The summed E-state index contributed by atoms with van der Waals surface area (Å²) in [5.41, 5.74) is 1.46. The molecule has 2 aromatic rings. The Morgan fingerprint density at radius 2 is 2.08 bits per heavy atom. The van der Waals surface area contributed by atoms with Gasteiger partial charge in [-0.15, -0.1) is 0 Å². The lowest BCUT2D eigenvalue weighted by molar-refractivity contribution is -0.656. The Labute approximate surface area is 155 Å². The largest absolute Gasteiger partial charge is 0.346 e. The van der Waals surface area contributed by atoms with Crippen molar-refractivity contribution >= 4 is 28.3 Å². The van der Waals surface area contributed by atoms with Crippen molar-refractivity contribution in [3.8, 4) is 0 Å². The van der Waals surface area contributed by atoms with Gasteiger partial charge in [0, 0.05) is 23.4 Å². The van der Waals surface area contributed by atoms with E-state index in [1.54, 1.807) is 23.9 Å². The number of hydrogen-bond donors (Lipinski definition) is 1. The second-order valence-corrected chi connectivity index (χ2v) is 7.75. The fourth-order valence-corrected chi connectivity index (χ4v) is 4.79. The molecule has 1 unspecified atom stereocenters. The molecule has 0 saturated carbocycles. The summed E-state index contributed by atoms with van der Waals surface area (Å²) >= 11 is 1.72. The minimum atomic E-state index is -1.28. The minimum absolute atomic E-state index is 0.00357. The number of benzene rings is 2. The van der Waals surface area contributed by atoms with Crippen LogP contribution in [0, 0.1) is 17.0 Å². The third-order valence-corrected chi connectivity index (χ3v) is 6.07. The Morgan fingerprint density at radius 1 is 1.27 bits per heavy atom. The van der Waals surface area contributed by atoms with Crippen molar-refractivity contribution < 1.29 is 14.6 Å². The number of nitro groups is 1. The van der Waals surface area contributed by atoms with E-state index in [0.717, 1.165) is 35.1 Å². The molecule has 1 atom stereocenters. The van der Waals surface area contributed by atoms with E-state index in [1.165, 1.54) is 12.1 Å². The monoisotopic (exact) mass is 370 g/mol. The number of aliphatic hydroxyl groups is 1. The standard InChI is InChI=1S/C19H20N3O3S/c1-14-5-2-7-16(11-14)20-13-19(23,21-9-4-10-26-18(20)21)15-6-3-8-17(12-15)22(24)25/h2-3,5-8,11-12,23H,4,9-10,13H2,1H3/q+1. The SMILES string of the molecule is Cc1cccc(N2CC(O)(c3cccc([N+](=O)[O-])c3)[N+]3=C2SCCC3)c1. The van der Waals surface area contributed by atoms with Crippen LogP contribution >= 0.6 is 11.8 Å². The summed E-state index contributed by atoms with van der Waals surface area (Å²) in [5.74, 6) is 0.999. The third kappa shape index (κ3) is 2.77. The van der Waals surface area contributed by atoms with E-state index in [0.29, 0.717) is 12.1 Å². The van der Waals surface area contributed by atoms with Crippen molar-refractivity contribution in [3.63, 3.8) is 0 Å². The van der Waals surface area contributed by atoms with Crippen LogP contribution in [-0.2, 0) is 5.72 Å². The van der Waals surface area contributed by atoms with Crippen molar-refractivity contribution in [2.75, 3.05) is 23.7 Å². The van der Waals surface area contributed by atoms with Crippen LogP contribution in [0.3, 0.4) is 0 Å². The smallest absolute Gasteiger partial charge is 0.316 e. The molecule has 0 amide bonds. The predicted octanol–water partition coefficient (Wildman–Crippen LogP) is 3.07. The Hall–Kier alpha value is -2.38. The van der Waals surface area contributed by atoms with Crippen molar-refractivity contribution in [1.29, 1.82) is 0 Å². The van der Waals surface area contributed by atoms with Crippen LogP contribution in [0.25, 0.3) is 0 Å². The highest BCUT2D eigenvalue weighted by Crippen LogP contribution is 2.38. The van der Waals surface area contributed by atoms with Crippen molar-refractivity contribution in [2.24, 2.45) is 0 Å². The molecule has 2 aliphatic heterocycles. The fraction of sp³-hybridized carbons (Fsp3) is 0.316. The summed E-state index contributed by atoms with van der Waals surface area (Å²) in [4.78, 5) is 12.9. The lowest BCUT2D eigenvalue weighted by Gasteiger charge is -2.24. The highest BCUT2D eigenvalue weighted by atomic mass is 32.2. The lowest BCUT2D eigenvalue weighted by Crippen LogP contribution is -2.41. The summed E-state index contributed by atoms with van der Waals surface area (Å²) in [6.45, 7) is 3.12. The van der Waals surface area contributed by atoms with Crippen LogP contribution in [0.5, 0.6) is 0 Å². The summed E-state index contributed by atoms with van der Waals surface area (Å²) in [7, 11) is 0. The van der Waals surface area contributed by atoms with Gasteiger partial charge in [-0.05, 0) is 42.8 Å². The molecule has 0 aromatic heterocycles. The Bertz CT molecular complexity index is 914. The van der Waals surface area contributed by atoms with Crippen molar-refractivity contribution in [1.82, 2.24) is 0 Å². The first kappa shape index (κ1) is 17.1. The number of anilines is 1. The first-order valence-corrected chi connectivity index (χ1v) is 9.56. The minimum Gasteiger partial charge on any atom is -0.346 e. The maximum absolute atomic E-state index is 11.6. The number of rotatable bonds is 3. The molecule has 134 valence electrons. The molecule has 0 aliphatic carbocycles. The van der Waals surface area contributed by atoms with Gasteiger partial charge in [-0.1, -0.05) is 24.3 Å².